The van der Waals surface area contributed by atoms with E-state index in [0.29, 0.717) is 6.42 Å². The summed E-state index contributed by atoms with van der Waals surface area (Å²) < 4.78 is 0. The van der Waals surface area contributed by atoms with Gasteiger partial charge in [-0.15, -0.1) is 6.58 Å². The SMILES string of the molecule is C=C[C@@H]1c2ccccc2C=C[C@]12C=CC(=O)CC2. The van der Waals surface area contributed by atoms with Crippen LogP contribution in [0.3, 0.4) is 0 Å². The third-order valence-corrected chi connectivity index (χ3v) is 4.10. The van der Waals surface area contributed by atoms with Crippen LogP contribution in [0, 0.1) is 5.41 Å². The molecule has 0 aromatic heterocycles. The molecule has 2 atom stereocenters. The van der Waals surface area contributed by atoms with Crippen LogP contribution in [0.2, 0.25) is 0 Å². The molecule has 0 saturated heterocycles. The van der Waals surface area contributed by atoms with Crippen LogP contribution in [0.5, 0.6) is 0 Å². The molecule has 0 aliphatic heterocycles. The zero-order valence-electron chi connectivity index (χ0n) is 10.3. The number of rotatable bonds is 1. The van der Waals surface area contributed by atoms with E-state index >= 15 is 0 Å². The number of carbonyl (C=O) groups is 1. The number of fused-ring (bicyclic) bond motifs is 1. The van der Waals surface area contributed by atoms with Gasteiger partial charge in [0.05, 0.1) is 0 Å². The van der Waals surface area contributed by atoms with Gasteiger partial charge in [0.2, 0.25) is 0 Å². The van der Waals surface area contributed by atoms with Crippen LogP contribution < -0.4 is 0 Å². The van der Waals surface area contributed by atoms with E-state index in [1.165, 1.54) is 11.1 Å². The molecule has 18 heavy (non-hydrogen) atoms. The first-order valence-electron chi connectivity index (χ1n) is 6.38. The maximum atomic E-state index is 11.4. The smallest absolute Gasteiger partial charge is 0.155 e. The Balaban J connectivity index is 2.12. The van der Waals surface area contributed by atoms with E-state index in [0.717, 1.165) is 6.42 Å². The van der Waals surface area contributed by atoms with E-state index in [2.05, 4.69) is 49.1 Å². The molecule has 2 aliphatic rings. The summed E-state index contributed by atoms with van der Waals surface area (Å²) in [6.45, 7) is 4.00. The van der Waals surface area contributed by atoms with Gasteiger partial charge < -0.3 is 0 Å². The van der Waals surface area contributed by atoms with Crippen LogP contribution >= 0.6 is 0 Å². The molecule has 0 unspecified atom stereocenters. The number of benzene rings is 1. The summed E-state index contributed by atoms with van der Waals surface area (Å²) in [5, 5.41) is 0. The van der Waals surface area contributed by atoms with Crippen molar-refractivity contribution in [3.63, 3.8) is 0 Å². The zero-order valence-corrected chi connectivity index (χ0v) is 10.3. The molecule has 2 aliphatic carbocycles. The Labute approximate surface area is 108 Å². The van der Waals surface area contributed by atoms with E-state index in [4.69, 9.17) is 0 Å². The van der Waals surface area contributed by atoms with Crippen molar-refractivity contribution < 1.29 is 4.79 Å². The number of carbonyl (C=O) groups excluding carboxylic acids is 1. The van der Waals surface area contributed by atoms with Crippen LogP contribution in [0.25, 0.3) is 6.08 Å². The second-order valence-corrected chi connectivity index (χ2v) is 5.09. The lowest BCUT2D eigenvalue weighted by Crippen LogP contribution is -2.29. The van der Waals surface area contributed by atoms with Crippen LogP contribution in [-0.4, -0.2) is 5.78 Å². The molecule has 0 fully saturated rings. The van der Waals surface area contributed by atoms with Gasteiger partial charge in [-0.1, -0.05) is 48.6 Å². The summed E-state index contributed by atoms with van der Waals surface area (Å²) in [6, 6.07) is 8.42. The van der Waals surface area contributed by atoms with Gasteiger partial charge in [0.25, 0.3) is 0 Å². The predicted molar refractivity (Wildman–Crippen MR) is 74.2 cm³/mol. The van der Waals surface area contributed by atoms with Crippen molar-refractivity contribution in [2.24, 2.45) is 5.41 Å². The number of hydrogen-bond donors (Lipinski definition) is 0. The average molecular weight is 236 g/mol. The Morgan fingerprint density at radius 3 is 2.72 bits per heavy atom. The van der Waals surface area contributed by atoms with Gasteiger partial charge in [0, 0.05) is 17.8 Å². The van der Waals surface area contributed by atoms with Crippen LogP contribution in [-0.2, 0) is 4.79 Å². The highest BCUT2D eigenvalue weighted by Gasteiger charge is 2.38. The summed E-state index contributed by atoms with van der Waals surface area (Å²) >= 11 is 0. The quantitative estimate of drug-likeness (QED) is 0.676. The second-order valence-electron chi connectivity index (χ2n) is 5.09. The minimum atomic E-state index is -0.0516. The largest absolute Gasteiger partial charge is 0.295 e. The topological polar surface area (TPSA) is 17.1 Å². The van der Waals surface area contributed by atoms with E-state index in [9.17, 15) is 4.79 Å². The summed E-state index contributed by atoms with van der Waals surface area (Å²) in [6.07, 6.45) is 11.7. The molecule has 1 aromatic carbocycles. The molecule has 3 rings (SSSR count). The van der Waals surface area contributed by atoms with E-state index in [1.54, 1.807) is 6.08 Å². The number of allylic oxidation sites excluding steroid dienone is 4. The van der Waals surface area contributed by atoms with Gasteiger partial charge in [0.1, 0.15) is 0 Å². The Bertz CT molecular complexity index is 565. The van der Waals surface area contributed by atoms with Gasteiger partial charge in [-0.25, -0.2) is 0 Å². The first-order chi connectivity index (χ1) is 8.75. The fourth-order valence-electron chi connectivity index (χ4n) is 3.08. The third-order valence-electron chi connectivity index (χ3n) is 4.10. The number of ketones is 1. The fraction of sp³-hybridized carbons (Fsp3) is 0.235. The molecule has 1 heteroatoms. The summed E-state index contributed by atoms with van der Waals surface area (Å²) in [4.78, 5) is 11.4. The van der Waals surface area contributed by atoms with Crippen molar-refractivity contribution >= 4 is 11.9 Å². The summed E-state index contributed by atoms with van der Waals surface area (Å²) in [5.41, 5.74) is 2.52. The first-order valence-corrected chi connectivity index (χ1v) is 6.38. The highest BCUT2D eigenvalue weighted by atomic mass is 16.1. The molecule has 0 saturated carbocycles. The third kappa shape index (κ3) is 1.59. The van der Waals surface area contributed by atoms with Gasteiger partial charge in [-0.3, -0.25) is 4.79 Å². The van der Waals surface area contributed by atoms with Crippen molar-refractivity contribution in [1.29, 1.82) is 0 Å². The first kappa shape index (κ1) is 11.2. The Morgan fingerprint density at radius 1 is 1.22 bits per heavy atom. The minimum absolute atomic E-state index is 0.0516. The molecule has 0 heterocycles. The minimum Gasteiger partial charge on any atom is -0.295 e. The van der Waals surface area contributed by atoms with Crippen LogP contribution in [0.4, 0.5) is 0 Å². The van der Waals surface area contributed by atoms with Crippen molar-refractivity contribution in [2.75, 3.05) is 0 Å². The lowest BCUT2D eigenvalue weighted by Gasteiger charge is -2.39. The lowest BCUT2D eigenvalue weighted by molar-refractivity contribution is -0.115. The molecule has 1 aromatic rings. The molecule has 0 N–H and O–H groups in total. The summed E-state index contributed by atoms with van der Waals surface area (Å²) in [7, 11) is 0. The Morgan fingerprint density at radius 2 is 2.00 bits per heavy atom. The molecule has 0 radical (unpaired) electrons. The van der Waals surface area contributed by atoms with E-state index in [-0.39, 0.29) is 17.1 Å². The van der Waals surface area contributed by atoms with Gasteiger partial charge in [-0.2, -0.15) is 0 Å². The highest BCUT2D eigenvalue weighted by molar-refractivity contribution is 5.91. The van der Waals surface area contributed by atoms with E-state index < -0.39 is 0 Å². The normalized spacial score (nSPS) is 29.3. The van der Waals surface area contributed by atoms with E-state index in [1.807, 2.05) is 6.08 Å². The monoisotopic (exact) mass is 236 g/mol. The standard InChI is InChI=1S/C17H16O/c1-2-16-15-6-4-3-5-13(15)7-10-17(16)11-8-14(18)9-12-17/h2-8,10-11,16H,1,9,12H2/t16-,17-/m1/s1. The van der Waals surface area contributed by atoms with Gasteiger partial charge in [0.15, 0.2) is 5.78 Å². The summed E-state index contributed by atoms with van der Waals surface area (Å²) in [5.74, 6) is 0.499. The molecule has 1 nitrogen and oxygen atoms in total. The highest BCUT2D eigenvalue weighted by Crippen LogP contribution is 2.49. The molecule has 0 amide bonds. The molecule has 90 valence electrons. The fourth-order valence-corrected chi connectivity index (χ4v) is 3.08. The zero-order chi connectivity index (χ0) is 12.6. The molecule has 1 spiro atoms. The molecular weight excluding hydrogens is 220 g/mol. The molecule has 0 bridgehead atoms. The van der Waals surface area contributed by atoms with Crippen LogP contribution in [0.15, 0.2) is 55.1 Å². The van der Waals surface area contributed by atoms with Crippen molar-refractivity contribution in [1.82, 2.24) is 0 Å². The van der Waals surface area contributed by atoms with Crippen molar-refractivity contribution in [3.05, 3.63) is 66.3 Å². The predicted octanol–water partition coefficient (Wildman–Crippen LogP) is 3.89. The van der Waals surface area contributed by atoms with Gasteiger partial charge >= 0.3 is 0 Å². The maximum Gasteiger partial charge on any atom is 0.155 e. The van der Waals surface area contributed by atoms with Crippen LogP contribution in [0.1, 0.15) is 29.9 Å². The van der Waals surface area contributed by atoms with Crippen molar-refractivity contribution in [3.8, 4) is 0 Å². The van der Waals surface area contributed by atoms with Crippen molar-refractivity contribution in [2.45, 2.75) is 18.8 Å². The maximum absolute atomic E-state index is 11.4. The molecular formula is C17H16O. The van der Waals surface area contributed by atoms with Gasteiger partial charge in [-0.05, 0) is 23.6 Å². The average Bonchev–Trinajstić information content (AvgIpc) is 2.42. The lowest BCUT2D eigenvalue weighted by atomic mass is 9.63. The number of hydrogen-bond acceptors (Lipinski definition) is 1. The Kier molecular flexibility index (Phi) is 2.55. The second kappa shape index (κ2) is 4.09. The Hall–Kier alpha value is -1.89.